The summed E-state index contributed by atoms with van der Waals surface area (Å²) in [4.78, 5) is 12.2. The van der Waals surface area contributed by atoms with Gasteiger partial charge in [-0.1, -0.05) is 59.3 Å². The highest BCUT2D eigenvalue weighted by Crippen LogP contribution is 2.23. The first-order valence-corrected chi connectivity index (χ1v) is 11.0. The summed E-state index contributed by atoms with van der Waals surface area (Å²) in [5.41, 5.74) is 0.731. The number of rotatable bonds is 8. The lowest BCUT2D eigenvalue weighted by molar-refractivity contribution is -0.274. The van der Waals surface area contributed by atoms with Gasteiger partial charge in [-0.25, -0.2) is 0 Å². The van der Waals surface area contributed by atoms with Crippen LogP contribution in [-0.4, -0.2) is 37.8 Å². The molecule has 4 nitrogen and oxygen atoms in total. The maximum atomic E-state index is 11.7. The molecule has 1 N–H and O–H groups in total. The fraction of sp³-hybridized carbons (Fsp3) is 0.696. The number of carbonyl (C=O) groups excluding carboxylic acids is 1. The zero-order valence-corrected chi connectivity index (χ0v) is 18.9. The van der Waals surface area contributed by atoms with Crippen LogP contribution >= 0.6 is 0 Å². The Balaban J connectivity index is 0.000000450. The van der Waals surface area contributed by atoms with E-state index in [0.717, 1.165) is 31.1 Å². The van der Waals surface area contributed by atoms with Crippen molar-refractivity contribution < 1.29 is 22.7 Å². The summed E-state index contributed by atoms with van der Waals surface area (Å²) >= 11 is 0. The molecule has 0 atom stereocenters. The summed E-state index contributed by atoms with van der Waals surface area (Å²) in [5, 5.41) is 2.78. The predicted molar refractivity (Wildman–Crippen MR) is 118 cm³/mol. The molecule has 0 aliphatic carbocycles. The number of hydrogen-bond donors (Lipinski definition) is 1. The van der Waals surface area contributed by atoms with E-state index in [2.05, 4.69) is 30.8 Å². The second kappa shape index (κ2) is 16.8. The number of ether oxygens (including phenoxy) is 1. The number of nitrogens with zero attached hydrogens (tertiary/aromatic N) is 1. The van der Waals surface area contributed by atoms with E-state index >= 15 is 0 Å². The number of halogens is 3. The number of amides is 1. The Bertz CT molecular complexity index is 524. The normalized spacial score (nSPS) is 14.0. The zero-order valence-electron chi connectivity index (χ0n) is 18.9. The number of likely N-dealkylation sites (tertiary alicyclic amines) is 1. The molecule has 2 rings (SSSR count). The van der Waals surface area contributed by atoms with Crippen LogP contribution in [-0.2, 0) is 4.79 Å². The van der Waals surface area contributed by atoms with Crippen LogP contribution < -0.4 is 10.1 Å². The average molecular weight is 433 g/mol. The maximum Gasteiger partial charge on any atom is 0.573 e. The van der Waals surface area contributed by atoms with Gasteiger partial charge in [-0.05, 0) is 43.0 Å². The first kappa shape index (κ1) is 28.1. The molecule has 174 valence electrons. The summed E-state index contributed by atoms with van der Waals surface area (Å²) < 4.78 is 38.7. The number of benzene rings is 1. The standard InChI is InChI=1S/C9H17NO.C8H8F3NO.C6H14/c1-2-3-9-4-6-10(8-11)7-5-9;1-12-6-2-4-7(5-3-6)13-8(9,10)11;1-3-5-6-4-2/h8-9H,2-7H2,1H3;2-5,12H,1H3;3-6H2,1-2H3. The first-order chi connectivity index (χ1) is 14.3. The summed E-state index contributed by atoms with van der Waals surface area (Å²) in [6, 6.07) is 5.50. The van der Waals surface area contributed by atoms with Crippen molar-refractivity contribution >= 4 is 12.1 Å². The van der Waals surface area contributed by atoms with Gasteiger partial charge in [-0.3, -0.25) is 4.79 Å². The molecule has 1 aliphatic heterocycles. The molecule has 0 radical (unpaired) electrons. The number of carbonyl (C=O) groups is 1. The van der Waals surface area contributed by atoms with E-state index < -0.39 is 6.36 Å². The van der Waals surface area contributed by atoms with E-state index in [-0.39, 0.29) is 5.75 Å². The van der Waals surface area contributed by atoms with Crippen LogP contribution in [0, 0.1) is 5.92 Å². The van der Waals surface area contributed by atoms with Crippen molar-refractivity contribution in [3.63, 3.8) is 0 Å². The van der Waals surface area contributed by atoms with Crippen molar-refractivity contribution in [1.82, 2.24) is 4.90 Å². The maximum absolute atomic E-state index is 11.7. The minimum absolute atomic E-state index is 0.216. The topological polar surface area (TPSA) is 41.6 Å². The zero-order chi connectivity index (χ0) is 22.8. The minimum atomic E-state index is -4.62. The number of anilines is 1. The van der Waals surface area contributed by atoms with Gasteiger partial charge in [0.2, 0.25) is 6.41 Å². The van der Waals surface area contributed by atoms with Gasteiger partial charge >= 0.3 is 6.36 Å². The molecule has 7 heteroatoms. The van der Waals surface area contributed by atoms with Gasteiger partial charge in [-0.2, -0.15) is 0 Å². The monoisotopic (exact) mass is 432 g/mol. The number of hydrogen-bond acceptors (Lipinski definition) is 3. The van der Waals surface area contributed by atoms with Crippen LogP contribution in [0.4, 0.5) is 18.9 Å². The Kier molecular flexibility index (Phi) is 15.8. The van der Waals surface area contributed by atoms with E-state index in [1.165, 1.54) is 75.6 Å². The summed E-state index contributed by atoms with van der Waals surface area (Å²) in [6.07, 6.45) is 6.94. The van der Waals surface area contributed by atoms with Crippen LogP contribution in [0.3, 0.4) is 0 Å². The van der Waals surface area contributed by atoms with E-state index in [1.807, 2.05) is 4.90 Å². The van der Waals surface area contributed by atoms with Crippen LogP contribution in [0.15, 0.2) is 24.3 Å². The van der Waals surface area contributed by atoms with Gasteiger partial charge in [0.05, 0.1) is 0 Å². The molecule has 1 aromatic rings. The molecule has 1 aromatic carbocycles. The SMILES string of the molecule is CCCC1CCN(C=O)CC1.CCCCCC.CNc1ccc(OC(F)(F)F)cc1. The van der Waals surface area contributed by atoms with E-state index in [0.29, 0.717) is 0 Å². The molecule has 0 aromatic heterocycles. The van der Waals surface area contributed by atoms with Gasteiger partial charge in [0.25, 0.3) is 0 Å². The Hall–Kier alpha value is -1.92. The highest BCUT2D eigenvalue weighted by Gasteiger charge is 2.30. The molecule has 0 spiro atoms. The highest BCUT2D eigenvalue weighted by molar-refractivity contribution is 5.47. The third kappa shape index (κ3) is 15.0. The largest absolute Gasteiger partial charge is 0.573 e. The van der Waals surface area contributed by atoms with Gasteiger partial charge in [0.1, 0.15) is 5.75 Å². The van der Waals surface area contributed by atoms with E-state index in [9.17, 15) is 18.0 Å². The smallest absolute Gasteiger partial charge is 0.406 e. The molecule has 1 amide bonds. The quantitative estimate of drug-likeness (QED) is 0.360. The number of alkyl halides is 3. The molecule has 1 aliphatic rings. The lowest BCUT2D eigenvalue weighted by atomic mass is 9.93. The first-order valence-electron chi connectivity index (χ1n) is 11.0. The fourth-order valence-electron chi connectivity index (χ4n) is 3.08. The van der Waals surface area contributed by atoms with Gasteiger partial charge < -0.3 is 15.0 Å². The predicted octanol–water partition coefficient (Wildman–Crippen LogP) is 6.87. The Morgan fingerprint density at radius 2 is 1.57 bits per heavy atom. The third-order valence-corrected chi connectivity index (χ3v) is 4.83. The molecule has 30 heavy (non-hydrogen) atoms. The molecule has 1 fully saturated rings. The molecule has 1 saturated heterocycles. The van der Waals surface area contributed by atoms with Crippen molar-refractivity contribution in [2.75, 3.05) is 25.5 Å². The second-order valence-corrected chi connectivity index (χ2v) is 7.40. The van der Waals surface area contributed by atoms with E-state index in [4.69, 9.17) is 0 Å². The molecule has 0 saturated carbocycles. The summed E-state index contributed by atoms with van der Waals surface area (Å²) in [5.74, 6) is 0.669. The average Bonchev–Trinajstić information content (AvgIpc) is 2.73. The third-order valence-electron chi connectivity index (χ3n) is 4.83. The lowest BCUT2D eigenvalue weighted by Gasteiger charge is -2.28. The Morgan fingerprint density at radius 1 is 1.03 bits per heavy atom. The second-order valence-electron chi connectivity index (χ2n) is 7.40. The van der Waals surface area contributed by atoms with Crippen molar-refractivity contribution in [1.29, 1.82) is 0 Å². The molecular weight excluding hydrogens is 393 g/mol. The van der Waals surface area contributed by atoms with Crippen LogP contribution in [0.5, 0.6) is 5.75 Å². The van der Waals surface area contributed by atoms with Gasteiger partial charge in [0, 0.05) is 25.8 Å². The highest BCUT2D eigenvalue weighted by atomic mass is 19.4. The van der Waals surface area contributed by atoms with Crippen LogP contribution in [0.1, 0.15) is 72.1 Å². The van der Waals surface area contributed by atoms with Gasteiger partial charge in [-0.15, -0.1) is 13.2 Å². The van der Waals surface area contributed by atoms with Crippen molar-refractivity contribution in [3.8, 4) is 5.75 Å². The number of nitrogens with one attached hydrogen (secondary N) is 1. The number of unbranched alkanes of at least 4 members (excludes halogenated alkanes) is 3. The van der Waals surface area contributed by atoms with Crippen LogP contribution in [0.25, 0.3) is 0 Å². The molecule has 1 heterocycles. The van der Waals surface area contributed by atoms with Crippen molar-refractivity contribution in [3.05, 3.63) is 24.3 Å². The van der Waals surface area contributed by atoms with Crippen molar-refractivity contribution in [2.45, 2.75) is 78.5 Å². The van der Waals surface area contributed by atoms with E-state index in [1.54, 1.807) is 7.05 Å². The minimum Gasteiger partial charge on any atom is -0.406 e. The van der Waals surface area contributed by atoms with Crippen LogP contribution in [0.2, 0.25) is 0 Å². The van der Waals surface area contributed by atoms with Gasteiger partial charge in [0.15, 0.2) is 0 Å². The molecule has 0 unspecified atom stereocenters. The Morgan fingerprint density at radius 3 is 1.93 bits per heavy atom. The van der Waals surface area contributed by atoms with Crippen molar-refractivity contribution in [2.24, 2.45) is 5.92 Å². The summed E-state index contributed by atoms with van der Waals surface area (Å²) in [6.45, 7) is 8.65. The fourth-order valence-corrected chi connectivity index (χ4v) is 3.08. The Labute approximate surface area is 180 Å². The summed E-state index contributed by atoms with van der Waals surface area (Å²) in [7, 11) is 1.68. The lowest BCUT2D eigenvalue weighted by Crippen LogP contribution is -2.32. The number of piperidine rings is 1. The molecule has 0 bridgehead atoms. The molecular formula is C23H39F3N2O2.